The zero-order valence-corrected chi connectivity index (χ0v) is 12.4. The molecule has 0 fully saturated rings. The van der Waals surface area contributed by atoms with Crippen LogP contribution in [0.5, 0.6) is 0 Å². The Kier molecular flexibility index (Phi) is 3.72. The maximum absolute atomic E-state index is 13.1. The van der Waals surface area contributed by atoms with Crippen molar-refractivity contribution in [3.63, 3.8) is 0 Å². The van der Waals surface area contributed by atoms with Gasteiger partial charge in [0, 0.05) is 22.6 Å². The number of amidine groups is 1. The van der Waals surface area contributed by atoms with Gasteiger partial charge in [-0.1, -0.05) is 17.7 Å². The highest BCUT2D eigenvalue weighted by molar-refractivity contribution is 7.11. The van der Waals surface area contributed by atoms with E-state index in [1.54, 1.807) is 17.4 Å². The first-order valence-corrected chi connectivity index (χ1v) is 7.57. The van der Waals surface area contributed by atoms with Crippen molar-refractivity contribution in [2.24, 2.45) is 4.99 Å². The van der Waals surface area contributed by atoms with Crippen molar-refractivity contribution in [2.75, 3.05) is 6.54 Å². The first-order valence-electron chi connectivity index (χ1n) is 6.32. The van der Waals surface area contributed by atoms with Crippen LogP contribution in [0.1, 0.15) is 28.7 Å². The lowest BCUT2D eigenvalue weighted by Crippen LogP contribution is -2.33. The number of hydrogen-bond acceptors (Lipinski definition) is 4. The number of aryl methyl sites for hydroxylation is 1. The molecule has 20 heavy (non-hydrogen) atoms. The minimum absolute atomic E-state index is 0.0415. The van der Waals surface area contributed by atoms with Gasteiger partial charge in [0.15, 0.2) is 10.8 Å². The molecule has 1 aliphatic heterocycles. The largest absolute Gasteiger partial charge is 0.361 e. The van der Waals surface area contributed by atoms with Gasteiger partial charge in [0.25, 0.3) is 0 Å². The third kappa shape index (κ3) is 2.69. The van der Waals surface area contributed by atoms with Gasteiger partial charge in [-0.25, -0.2) is 9.37 Å². The van der Waals surface area contributed by atoms with Gasteiger partial charge < -0.3 is 5.32 Å². The van der Waals surface area contributed by atoms with Crippen molar-refractivity contribution >= 4 is 28.8 Å². The van der Waals surface area contributed by atoms with Crippen molar-refractivity contribution in [1.29, 1.82) is 0 Å². The number of aromatic nitrogens is 1. The SMILES string of the molecule is Cc1csc(C2=NCC[C@H](c3ccc(F)cc3Cl)N2)n1. The lowest BCUT2D eigenvalue weighted by Gasteiger charge is -2.25. The van der Waals surface area contributed by atoms with Crippen LogP contribution in [0.15, 0.2) is 28.6 Å². The minimum atomic E-state index is -0.320. The summed E-state index contributed by atoms with van der Waals surface area (Å²) >= 11 is 7.69. The highest BCUT2D eigenvalue weighted by atomic mass is 35.5. The third-order valence-electron chi connectivity index (χ3n) is 3.16. The van der Waals surface area contributed by atoms with Crippen LogP contribution in [-0.4, -0.2) is 17.4 Å². The highest BCUT2D eigenvalue weighted by Gasteiger charge is 2.22. The van der Waals surface area contributed by atoms with Crippen LogP contribution >= 0.6 is 22.9 Å². The molecule has 104 valence electrons. The second-order valence-corrected chi connectivity index (χ2v) is 5.94. The van der Waals surface area contributed by atoms with Gasteiger partial charge in [0.1, 0.15) is 5.82 Å². The molecule has 1 aromatic carbocycles. The Balaban J connectivity index is 1.85. The molecule has 1 N–H and O–H groups in total. The van der Waals surface area contributed by atoms with Gasteiger partial charge in [-0.15, -0.1) is 11.3 Å². The van der Waals surface area contributed by atoms with Crippen LogP contribution < -0.4 is 5.32 Å². The topological polar surface area (TPSA) is 37.3 Å². The van der Waals surface area contributed by atoms with Crippen LogP contribution in [0, 0.1) is 12.7 Å². The summed E-state index contributed by atoms with van der Waals surface area (Å²) in [5, 5.41) is 6.67. The molecule has 0 unspecified atom stereocenters. The smallest absolute Gasteiger partial charge is 0.158 e. The number of thiazole rings is 1. The fraction of sp³-hybridized carbons (Fsp3) is 0.286. The maximum atomic E-state index is 13.1. The highest BCUT2D eigenvalue weighted by Crippen LogP contribution is 2.28. The van der Waals surface area contributed by atoms with E-state index in [-0.39, 0.29) is 11.9 Å². The molecular formula is C14H13ClFN3S. The molecule has 0 radical (unpaired) electrons. The molecule has 3 nitrogen and oxygen atoms in total. The molecule has 0 saturated heterocycles. The van der Waals surface area contributed by atoms with Gasteiger partial charge in [-0.2, -0.15) is 0 Å². The van der Waals surface area contributed by atoms with E-state index in [9.17, 15) is 4.39 Å². The molecule has 6 heteroatoms. The Bertz CT molecular complexity index is 668. The molecule has 1 atom stereocenters. The fourth-order valence-corrected chi connectivity index (χ4v) is 3.26. The van der Waals surface area contributed by atoms with Crippen LogP contribution in [0.3, 0.4) is 0 Å². The van der Waals surface area contributed by atoms with Crippen molar-refractivity contribution in [2.45, 2.75) is 19.4 Å². The van der Waals surface area contributed by atoms with Gasteiger partial charge in [0.05, 0.1) is 6.04 Å². The quantitative estimate of drug-likeness (QED) is 0.918. The Labute approximate surface area is 125 Å². The van der Waals surface area contributed by atoms with Crippen LogP contribution in [0.4, 0.5) is 4.39 Å². The zero-order chi connectivity index (χ0) is 14.1. The second kappa shape index (κ2) is 5.50. The first kappa shape index (κ1) is 13.5. The van der Waals surface area contributed by atoms with Crippen LogP contribution in [0.25, 0.3) is 0 Å². The molecule has 1 aromatic heterocycles. The minimum Gasteiger partial charge on any atom is -0.361 e. The molecule has 0 spiro atoms. The number of hydrogen-bond donors (Lipinski definition) is 1. The fourth-order valence-electron chi connectivity index (χ4n) is 2.20. The van der Waals surface area contributed by atoms with Crippen molar-refractivity contribution < 1.29 is 4.39 Å². The van der Waals surface area contributed by atoms with E-state index >= 15 is 0 Å². The number of aliphatic imine (C=N–C) groups is 1. The van der Waals surface area contributed by atoms with Crippen molar-refractivity contribution in [3.05, 3.63) is 50.7 Å². The Morgan fingerprint density at radius 3 is 3.00 bits per heavy atom. The Morgan fingerprint density at radius 2 is 2.30 bits per heavy atom. The van der Waals surface area contributed by atoms with E-state index in [1.807, 2.05) is 12.3 Å². The summed E-state index contributed by atoms with van der Waals surface area (Å²) in [5.41, 5.74) is 1.88. The molecule has 3 rings (SSSR count). The van der Waals surface area contributed by atoms with E-state index in [2.05, 4.69) is 15.3 Å². The maximum Gasteiger partial charge on any atom is 0.158 e. The summed E-state index contributed by atoms with van der Waals surface area (Å²) in [6, 6.07) is 4.55. The van der Waals surface area contributed by atoms with Gasteiger partial charge >= 0.3 is 0 Å². The lowest BCUT2D eigenvalue weighted by atomic mass is 10.0. The summed E-state index contributed by atoms with van der Waals surface area (Å²) in [5.74, 6) is 0.471. The molecule has 0 saturated carbocycles. The predicted octanol–water partition coefficient (Wildman–Crippen LogP) is 3.73. The van der Waals surface area contributed by atoms with Crippen LogP contribution in [-0.2, 0) is 0 Å². The molecule has 0 bridgehead atoms. The van der Waals surface area contributed by atoms with Crippen molar-refractivity contribution in [1.82, 2.24) is 10.3 Å². The molecule has 0 amide bonds. The molecule has 2 aromatic rings. The summed E-state index contributed by atoms with van der Waals surface area (Å²) in [4.78, 5) is 8.90. The molecule has 0 aliphatic carbocycles. The summed E-state index contributed by atoms with van der Waals surface area (Å²) < 4.78 is 13.1. The number of nitrogens with zero attached hydrogens (tertiary/aromatic N) is 2. The second-order valence-electron chi connectivity index (χ2n) is 4.68. The molecule has 1 aliphatic rings. The normalized spacial score (nSPS) is 18.6. The van der Waals surface area contributed by atoms with E-state index in [4.69, 9.17) is 11.6 Å². The average molecular weight is 310 g/mol. The zero-order valence-electron chi connectivity index (χ0n) is 10.9. The van der Waals surface area contributed by atoms with E-state index in [0.29, 0.717) is 11.6 Å². The molecule has 2 heterocycles. The predicted molar refractivity (Wildman–Crippen MR) is 80.2 cm³/mol. The van der Waals surface area contributed by atoms with E-state index < -0.39 is 0 Å². The van der Waals surface area contributed by atoms with Crippen molar-refractivity contribution in [3.8, 4) is 0 Å². The van der Waals surface area contributed by atoms with Crippen LogP contribution in [0.2, 0.25) is 5.02 Å². The Morgan fingerprint density at radius 1 is 1.45 bits per heavy atom. The van der Waals surface area contributed by atoms with Gasteiger partial charge in [-0.05, 0) is 31.0 Å². The van der Waals surface area contributed by atoms with Gasteiger partial charge in [0.2, 0.25) is 0 Å². The molecular weight excluding hydrogens is 297 g/mol. The summed E-state index contributed by atoms with van der Waals surface area (Å²) in [6.07, 6.45) is 0.833. The number of halogens is 2. The Hall–Kier alpha value is -1.46. The average Bonchev–Trinajstić information content (AvgIpc) is 2.86. The first-order chi connectivity index (χ1) is 9.63. The number of nitrogens with one attached hydrogen (secondary N) is 1. The summed E-state index contributed by atoms with van der Waals surface area (Å²) in [6.45, 7) is 2.66. The standard InChI is InChI=1S/C14H13ClFN3S/c1-8-7-20-14(18-8)13-17-5-4-12(19-13)10-3-2-9(16)6-11(10)15/h2-3,6-7,12H,4-5H2,1H3,(H,17,19)/t12-/m1/s1. The van der Waals surface area contributed by atoms with Gasteiger partial charge in [-0.3, -0.25) is 4.99 Å². The lowest BCUT2D eigenvalue weighted by molar-refractivity contribution is 0.569. The third-order valence-corrected chi connectivity index (χ3v) is 4.45. The monoisotopic (exact) mass is 309 g/mol. The van der Waals surface area contributed by atoms with E-state index in [1.165, 1.54) is 12.1 Å². The number of rotatable bonds is 2. The van der Waals surface area contributed by atoms with E-state index in [0.717, 1.165) is 28.5 Å². The summed E-state index contributed by atoms with van der Waals surface area (Å²) in [7, 11) is 0. The number of benzene rings is 1.